The summed E-state index contributed by atoms with van der Waals surface area (Å²) in [4.78, 5) is 55.1. The van der Waals surface area contributed by atoms with Gasteiger partial charge in [0.05, 0.1) is 18.5 Å². The standard InChI is InChI=1S/C35H51N7O4/c1-24(2)18-33(44)40-29(20-26-12-7-4-8-13-26)34(45)42-30(21-27-22-36-23-39-27)35(46)41-28(19-25-10-5-3-6-11-25)31(43)14-9-15-32-37-16-17-38-32/h4,7-8,12-13,16-17,22-25,28-31,43H,3,5-6,9-11,14-15,18-21H2,1-2H3,(H,36,39)(H,37,38)(H,40,44)(H,41,46)(H,42,45)/t28-,29-,30-,31-/m0/s1. The van der Waals surface area contributed by atoms with Crippen LogP contribution in [0.15, 0.2) is 55.2 Å². The number of aliphatic hydroxyl groups is 1. The van der Waals surface area contributed by atoms with Crippen LogP contribution < -0.4 is 16.0 Å². The van der Waals surface area contributed by atoms with E-state index in [-0.39, 0.29) is 37.0 Å². The molecular formula is C35H51N7O4. The molecule has 4 atom stereocenters. The number of aryl methyl sites for hydroxylation is 1. The smallest absolute Gasteiger partial charge is 0.243 e. The van der Waals surface area contributed by atoms with Crippen molar-refractivity contribution in [3.8, 4) is 0 Å². The van der Waals surface area contributed by atoms with Crippen LogP contribution in [-0.2, 0) is 33.6 Å². The van der Waals surface area contributed by atoms with Crippen LogP contribution in [0.2, 0.25) is 0 Å². The zero-order valence-corrected chi connectivity index (χ0v) is 27.2. The van der Waals surface area contributed by atoms with Crippen LogP contribution in [0.1, 0.15) is 88.7 Å². The molecule has 1 saturated carbocycles. The van der Waals surface area contributed by atoms with E-state index in [2.05, 4.69) is 35.9 Å². The van der Waals surface area contributed by atoms with E-state index in [0.29, 0.717) is 30.9 Å². The summed E-state index contributed by atoms with van der Waals surface area (Å²) in [5.41, 5.74) is 1.58. The number of aliphatic hydroxyl groups excluding tert-OH is 1. The number of carbonyl (C=O) groups excluding carboxylic acids is 3. The number of rotatable bonds is 18. The second-order valence-corrected chi connectivity index (χ2v) is 13.1. The Hall–Kier alpha value is -3.99. The first-order valence-corrected chi connectivity index (χ1v) is 16.8. The van der Waals surface area contributed by atoms with Crippen LogP contribution in [0.5, 0.6) is 0 Å². The number of H-pyrrole nitrogens is 2. The van der Waals surface area contributed by atoms with Gasteiger partial charge in [-0.3, -0.25) is 14.4 Å². The molecule has 3 aromatic rings. The molecule has 1 aliphatic rings. The molecule has 0 radical (unpaired) electrons. The largest absolute Gasteiger partial charge is 0.391 e. The number of benzene rings is 1. The molecule has 11 heteroatoms. The van der Waals surface area contributed by atoms with Gasteiger partial charge in [0.15, 0.2) is 0 Å². The van der Waals surface area contributed by atoms with Gasteiger partial charge in [-0.05, 0) is 36.7 Å². The van der Waals surface area contributed by atoms with E-state index in [4.69, 9.17) is 0 Å². The molecule has 0 spiro atoms. The van der Waals surface area contributed by atoms with Gasteiger partial charge in [-0.1, -0.05) is 76.3 Å². The number of aromatic nitrogens is 4. The van der Waals surface area contributed by atoms with E-state index in [9.17, 15) is 19.5 Å². The van der Waals surface area contributed by atoms with Crippen molar-refractivity contribution in [2.24, 2.45) is 11.8 Å². The van der Waals surface area contributed by atoms with Gasteiger partial charge in [-0.15, -0.1) is 0 Å². The highest BCUT2D eigenvalue weighted by Gasteiger charge is 2.32. The molecule has 11 nitrogen and oxygen atoms in total. The summed E-state index contributed by atoms with van der Waals surface area (Å²) in [5, 5.41) is 20.3. The maximum absolute atomic E-state index is 14.0. The Morgan fingerprint density at radius 2 is 1.70 bits per heavy atom. The van der Waals surface area contributed by atoms with Crippen LogP contribution in [-0.4, -0.2) is 67.0 Å². The predicted octanol–water partition coefficient (Wildman–Crippen LogP) is 3.77. The molecule has 1 aromatic carbocycles. The number of nitrogens with one attached hydrogen (secondary N) is 5. The quantitative estimate of drug-likeness (QED) is 0.125. The van der Waals surface area contributed by atoms with Crippen molar-refractivity contribution in [2.75, 3.05) is 0 Å². The lowest BCUT2D eigenvalue weighted by molar-refractivity contribution is -0.132. The van der Waals surface area contributed by atoms with Crippen molar-refractivity contribution in [3.63, 3.8) is 0 Å². The highest BCUT2D eigenvalue weighted by molar-refractivity contribution is 5.92. The average Bonchev–Trinajstić information content (AvgIpc) is 3.75. The number of carbonyl (C=O) groups is 3. The average molecular weight is 634 g/mol. The summed E-state index contributed by atoms with van der Waals surface area (Å²) in [7, 11) is 0. The maximum Gasteiger partial charge on any atom is 0.243 e. The van der Waals surface area contributed by atoms with Crippen LogP contribution >= 0.6 is 0 Å². The first-order chi connectivity index (χ1) is 22.3. The summed E-state index contributed by atoms with van der Waals surface area (Å²) in [6, 6.07) is 7.23. The van der Waals surface area contributed by atoms with E-state index < -0.39 is 30.1 Å². The topological polar surface area (TPSA) is 165 Å². The summed E-state index contributed by atoms with van der Waals surface area (Å²) in [6.07, 6.45) is 15.0. The van der Waals surface area contributed by atoms with Crippen molar-refractivity contribution in [2.45, 2.75) is 115 Å². The Balaban J connectivity index is 1.49. The first-order valence-electron chi connectivity index (χ1n) is 16.8. The number of hydrogen-bond donors (Lipinski definition) is 6. The number of imidazole rings is 2. The van der Waals surface area contributed by atoms with Gasteiger partial charge >= 0.3 is 0 Å². The molecule has 0 bridgehead atoms. The zero-order chi connectivity index (χ0) is 32.7. The molecule has 1 aliphatic carbocycles. The van der Waals surface area contributed by atoms with Gasteiger partial charge in [0.25, 0.3) is 0 Å². The lowest BCUT2D eigenvalue weighted by Gasteiger charge is -2.32. The monoisotopic (exact) mass is 633 g/mol. The zero-order valence-electron chi connectivity index (χ0n) is 27.2. The molecule has 0 saturated heterocycles. The van der Waals surface area contributed by atoms with E-state index in [0.717, 1.165) is 43.5 Å². The van der Waals surface area contributed by atoms with Gasteiger partial charge in [0, 0.05) is 50.0 Å². The molecule has 6 N–H and O–H groups in total. The molecule has 2 aromatic heterocycles. The molecule has 3 amide bonds. The first kappa shape index (κ1) is 34.9. The van der Waals surface area contributed by atoms with Crippen molar-refractivity contribution in [3.05, 3.63) is 72.3 Å². The maximum atomic E-state index is 14.0. The molecule has 2 heterocycles. The van der Waals surface area contributed by atoms with Crippen molar-refractivity contribution in [1.82, 2.24) is 35.9 Å². The fourth-order valence-electron chi connectivity index (χ4n) is 6.27. The fraction of sp³-hybridized carbons (Fsp3) is 0.571. The van der Waals surface area contributed by atoms with Crippen LogP contribution in [0.4, 0.5) is 0 Å². The van der Waals surface area contributed by atoms with E-state index >= 15 is 0 Å². The second kappa shape index (κ2) is 18.2. The number of nitrogens with zero attached hydrogens (tertiary/aromatic N) is 2. The van der Waals surface area contributed by atoms with Crippen molar-refractivity contribution in [1.29, 1.82) is 0 Å². The third-order valence-electron chi connectivity index (χ3n) is 8.71. The molecule has 250 valence electrons. The molecule has 46 heavy (non-hydrogen) atoms. The number of aromatic amines is 2. The predicted molar refractivity (Wildman–Crippen MR) is 176 cm³/mol. The van der Waals surface area contributed by atoms with Gasteiger partial charge < -0.3 is 31.0 Å². The Labute approximate surface area is 272 Å². The normalized spacial score (nSPS) is 16.3. The summed E-state index contributed by atoms with van der Waals surface area (Å²) in [5.74, 6) is 0.389. The Morgan fingerprint density at radius 1 is 0.957 bits per heavy atom. The molecule has 4 rings (SSSR count). The van der Waals surface area contributed by atoms with Crippen molar-refractivity contribution < 1.29 is 19.5 Å². The fourth-order valence-corrected chi connectivity index (χ4v) is 6.27. The summed E-state index contributed by atoms with van der Waals surface area (Å²) < 4.78 is 0. The van der Waals surface area contributed by atoms with Crippen LogP contribution in [0.3, 0.4) is 0 Å². The summed E-state index contributed by atoms with van der Waals surface area (Å²) >= 11 is 0. The van der Waals surface area contributed by atoms with Gasteiger partial charge in [-0.25, -0.2) is 9.97 Å². The van der Waals surface area contributed by atoms with E-state index in [1.165, 1.54) is 12.7 Å². The minimum atomic E-state index is -0.947. The minimum absolute atomic E-state index is 0.131. The molecule has 0 unspecified atom stereocenters. The highest BCUT2D eigenvalue weighted by Crippen LogP contribution is 2.28. The second-order valence-electron chi connectivity index (χ2n) is 13.1. The highest BCUT2D eigenvalue weighted by atomic mass is 16.3. The van der Waals surface area contributed by atoms with Gasteiger partial charge in [0.1, 0.15) is 17.9 Å². The Morgan fingerprint density at radius 3 is 2.37 bits per heavy atom. The van der Waals surface area contributed by atoms with Gasteiger partial charge in [0.2, 0.25) is 17.7 Å². The van der Waals surface area contributed by atoms with Gasteiger partial charge in [-0.2, -0.15) is 0 Å². The molecular weight excluding hydrogens is 582 g/mol. The Bertz CT molecular complexity index is 1310. The SMILES string of the molecule is CC(C)CC(=O)N[C@@H](Cc1ccccc1)C(=O)N[C@@H](Cc1cnc[nH]1)C(=O)N[C@@H](CC1CCCCC1)[C@@H](O)CCCc1ncc[nH]1. The third-order valence-corrected chi connectivity index (χ3v) is 8.71. The van der Waals surface area contributed by atoms with E-state index in [1.807, 2.05) is 44.2 Å². The number of amides is 3. The summed E-state index contributed by atoms with van der Waals surface area (Å²) in [6.45, 7) is 3.90. The minimum Gasteiger partial charge on any atom is -0.391 e. The molecule has 0 aliphatic heterocycles. The lowest BCUT2D eigenvalue weighted by Crippen LogP contribution is -2.57. The van der Waals surface area contributed by atoms with Crippen molar-refractivity contribution >= 4 is 17.7 Å². The lowest BCUT2D eigenvalue weighted by atomic mass is 9.83. The third kappa shape index (κ3) is 11.7. The molecule has 1 fully saturated rings. The number of hydrogen-bond acceptors (Lipinski definition) is 6. The van der Waals surface area contributed by atoms with Crippen LogP contribution in [0.25, 0.3) is 0 Å². The Kier molecular flexibility index (Phi) is 13.8. The van der Waals surface area contributed by atoms with E-state index in [1.54, 1.807) is 18.6 Å². The van der Waals surface area contributed by atoms with Crippen LogP contribution in [0, 0.1) is 11.8 Å².